The van der Waals surface area contributed by atoms with Gasteiger partial charge in [-0.25, -0.2) is 4.98 Å². The Hall–Kier alpha value is -2.41. The number of ketones is 1. The van der Waals surface area contributed by atoms with E-state index >= 15 is 0 Å². The maximum absolute atomic E-state index is 14.0. The predicted molar refractivity (Wildman–Crippen MR) is 173 cm³/mol. The lowest BCUT2D eigenvalue weighted by Gasteiger charge is -2.44. The van der Waals surface area contributed by atoms with E-state index in [9.17, 15) is 15.0 Å². The van der Waals surface area contributed by atoms with Crippen LogP contribution >= 0.6 is 11.3 Å². The van der Waals surface area contributed by atoms with Crippen molar-refractivity contribution in [1.82, 2.24) is 9.97 Å². The third-order valence-electron chi connectivity index (χ3n) is 11.7. The molecule has 4 aliphatic rings. The molecule has 4 aliphatic carbocycles. The van der Waals surface area contributed by atoms with Crippen molar-refractivity contribution in [1.29, 1.82) is 0 Å². The Labute approximate surface area is 261 Å². The van der Waals surface area contributed by atoms with Crippen molar-refractivity contribution in [3.8, 4) is 0 Å². The average molecular weight is 601 g/mol. The summed E-state index contributed by atoms with van der Waals surface area (Å²) in [6.07, 6.45) is 17.8. The molecule has 0 saturated heterocycles. The van der Waals surface area contributed by atoms with Gasteiger partial charge in [0.15, 0.2) is 5.78 Å². The van der Waals surface area contributed by atoms with Crippen LogP contribution < -0.4 is 0 Å². The monoisotopic (exact) mass is 600 g/mol. The Morgan fingerprint density at radius 1 is 1.16 bits per heavy atom. The summed E-state index contributed by atoms with van der Waals surface area (Å²) in [5.41, 5.74) is 5.26. The van der Waals surface area contributed by atoms with Crippen molar-refractivity contribution < 1.29 is 15.0 Å². The maximum Gasteiger partial charge on any atom is 0.167 e. The van der Waals surface area contributed by atoms with E-state index in [1.54, 1.807) is 23.7 Å². The van der Waals surface area contributed by atoms with Gasteiger partial charge in [-0.2, -0.15) is 0 Å². The molecule has 4 saturated carbocycles. The average Bonchev–Trinajstić information content (AvgIpc) is 3.53. The van der Waals surface area contributed by atoms with E-state index in [-0.39, 0.29) is 22.5 Å². The van der Waals surface area contributed by atoms with Crippen LogP contribution in [0.25, 0.3) is 0 Å². The van der Waals surface area contributed by atoms with Crippen LogP contribution in [0.15, 0.2) is 65.4 Å². The molecular formula is C37H48N2O3S. The molecule has 4 fully saturated rings. The molecule has 0 aromatic carbocycles. The SMILES string of the molecule is C=C1/C(=C\C=C2/CCC[C@]3(C)[C@@H]([C@H](C)CC[C@@H](C(=O)c4ccncc4)C4(c5nc(C)cs5)CC4)CC[C@@H]23)C[C@@H](O)C[C@@H]1O. The van der Waals surface area contributed by atoms with E-state index in [0.717, 1.165) is 59.5 Å². The minimum atomic E-state index is -0.648. The largest absolute Gasteiger partial charge is 0.393 e. The van der Waals surface area contributed by atoms with Crippen molar-refractivity contribution in [2.24, 2.45) is 29.1 Å². The zero-order valence-corrected chi connectivity index (χ0v) is 26.9. The Kier molecular flexibility index (Phi) is 8.67. The number of carbonyl (C=O) groups excluding carboxylic acids is 1. The van der Waals surface area contributed by atoms with Gasteiger partial charge < -0.3 is 10.2 Å². The molecule has 5 nitrogen and oxygen atoms in total. The number of Topliss-reactive ketones (excluding diaryl/α,β-unsaturated/α-hetero) is 1. The standard InChI is InChI=1S/C37H48N2O3S/c1-23(7-10-32(34(42)27-13-18-38-19-14-27)37(16-17-37)35-39-24(2)22-43-35)30-11-12-31-26(6-5-15-36(30,31)4)8-9-28-20-29(40)21-33(41)25(28)3/h8-9,13-14,18-19,22-23,29-33,40-41H,3,5-7,10-12,15-17,20-21H2,1-2,4H3/b26-8+,28-9-/t23-,29-,30-,31+,32+,33+,36-/m1/s1. The van der Waals surface area contributed by atoms with Crippen LogP contribution in [0.5, 0.6) is 0 Å². The number of allylic oxidation sites excluding steroid dienone is 3. The molecule has 0 spiro atoms. The fraction of sp³-hybridized carbons (Fsp3) is 0.595. The van der Waals surface area contributed by atoms with E-state index in [1.807, 2.05) is 12.1 Å². The lowest BCUT2D eigenvalue weighted by atomic mass is 9.60. The van der Waals surface area contributed by atoms with Gasteiger partial charge in [0.05, 0.1) is 17.2 Å². The summed E-state index contributed by atoms with van der Waals surface area (Å²) >= 11 is 1.73. The number of thiazole rings is 1. The second-order valence-corrected chi connectivity index (χ2v) is 15.2. The maximum atomic E-state index is 14.0. The summed E-state index contributed by atoms with van der Waals surface area (Å²) in [7, 11) is 0. The highest BCUT2D eigenvalue weighted by Gasteiger charge is 2.56. The third kappa shape index (κ3) is 5.87. The third-order valence-corrected chi connectivity index (χ3v) is 12.9. The number of rotatable bonds is 9. The number of aryl methyl sites for hydroxylation is 1. The number of hydrogen-bond acceptors (Lipinski definition) is 6. The van der Waals surface area contributed by atoms with Gasteiger partial charge in [0.1, 0.15) is 0 Å². The van der Waals surface area contributed by atoms with Crippen molar-refractivity contribution in [2.45, 2.75) is 109 Å². The van der Waals surface area contributed by atoms with E-state index in [1.165, 1.54) is 31.3 Å². The summed E-state index contributed by atoms with van der Waals surface area (Å²) in [6, 6.07) is 3.75. The quantitative estimate of drug-likeness (QED) is 0.286. The normalized spacial score (nSPS) is 33.4. The first kappa shape index (κ1) is 30.6. The highest BCUT2D eigenvalue weighted by atomic mass is 32.1. The smallest absolute Gasteiger partial charge is 0.167 e. The lowest BCUT2D eigenvalue weighted by Crippen LogP contribution is -2.36. The molecule has 0 amide bonds. The fourth-order valence-electron chi connectivity index (χ4n) is 9.11. The molecule has 2 heterocycles. The first-order valence-electron chi connectivity index (χ1n) is 16.4. The van der Waals surface area contributed by atoms with Crippen LogP contribution in [0.2, 0.25) is 0 Å². The van der Waals surface area contributed by atoms with Gasteiger partial charge >= 0.3 is 0 Å². The summed E-state index contributed by atoms with van der Waals surface area (Å²) in [5.74, 6) is 1.95. The number of aliphatic hydroxyl groups excluding tert-OH is 2. The zero-order chi connectivity index (χ0) is 30.4. The van der Waals surface area contributed by atoms with Gasteiger partial charge in [-0.3, -0.25) is 9.78 Å². The first-order chi connectivity index (χ1) is 20.6. The zero-order valence-electron chi connectivity index (χ0n) is 26.1. The van der Waals surface area contributed by atoms with Gasteiger partial charge in [-0.05, 0) is 118 Å². The van der Waals surface area contributed by atoms with Gasteiger partial charge in [-0.1, -0.05) is 38.2 Å². The number of nitrogens with zero attached hydrogens (tertiary/aromatic N) is 2. The molecular weight excluding hydrogens is 552 g/mol. The van der Waals surface area contributed by atoms with Gasteiger partial charge in [-0.15, -0.1) is 11.3 Å². The van der Waals surface area contributed by atoms with Gasteiger partial charge in [0.25, 0.3) is 0 Å². The Balaban J connectivity index is 1.19. The van der Waals surface area contributed by atoms with E-state index in [2.05, 4.69) is 49.9 Å². The molecule has 0 radical (unpaired) electrons. The van der Waals surface area contributed by atoms with Crippen LogP contribution in [-0.2, 0) is 5.41 Å². The predicted octanol–water partition coefficient (Wildman–Crippen LogP) is 7.93. The number of hydrogen-bond donors (Lipinski definition) is 2. The molecule has 2 aromatic rings. The molecule has 0 aliphatic heterocycles. The summed E-state index contributed by atoms with van der Waals surface area (Å²) in [4.78, 5) is 23.1. The fourth-order valence-corrected chi connectivity index (χ4v) is 10.2. The summed E-state index contributed by atoms with van der Waals surface area (Å²) in [5, 5.41) is 23.8. The van der Waals surface area contributed by atoms with Crippen LogP contribution in [0.3, 0.4) is 0 Å². The number of aromatic nitrogens is 2. The number of carbonyl (C=O) groups is 1. The van der Waals surface area contributed by atoms with Crippen molar-refractivity contribution in [3.05, 3.63) is 81.6 Å². The Morgan fingerprint density at radius 3 is 2.63 bits per heavy atom. The van der Waals surface area contributed by atoms with Crippen LogP contribution in [0.1, 0.15) is 106 Å². The topological polar surface area (TPSA) is 83.3 Å². The Bertz CT molecular complexity index is 1410. The summed E-state index contributed by atoms with van der Waals surface area (Å²) in [6.45, 7) is 11.1. The van der Waals surface area contributed by atoms with E-state index in [4.69, 9.17) is 4.98 Å². The van der Waals surface area contributed by atoms with E-state index in [0.29, 0.717) is 30.6 Å². The van der Waals surface area contributed by atoms with Gasteiger partial charge in [0.2, 0.25) is 0 Å². The minimum absolute atomic E-state index is 0.0457. The lowest BCUT2D eigenvalue weighted by molar-refractivity contribution is 0.0803. The minimum Gasteiger partial charge on any atom is -0.393 e. The van der Waals surface area contributed by atoms with Gasteiger partial charge in [0, 0.05) is 46.8 Å². The molecule has 43 heavy (non-hydrogen) atoms. The highest BCUT2D eigenvalue weighted by Crippen LogP contribution is 2.61. The number of fused-ring (bicyclic) bond motifs is 1. The van der Waals surface area contributed by atoms with Crippen molar-refractivity contribution in [2.75, 3.05) is 0 Å². The van der Waals surface area contributed by atoms with Crippen LogP contribution in [-0.4, -0.2) is 38.2 Å². The van der Waals surface area contributed by atoms with E-state index < -0.39 is 12.2 Å². The first-order valence-corrected chi connectivity index (χ1v) is 17.3. The van der Waals surface area contributed by atoms with Crippen LogP contribution in [0.4, 0.5) is 0 Å². The molecule has 7 atom stereocenters. The summed E-state index contributed by atoms with van der Waals surface area (Å²) < 4.78 is 0. The molecule has 2 aromatic heterocycles. The molecule has 230 valence electrons. The number of pyridine rings is 1. The molecule has 6 heteroatoms. The molecule has 0 unspecified atom stereocenters. The molecule has 0 bridgehead atoms. The number of aliphatic hydroxyl groups is 2. The van der Waals surface area contributed by atoms with Crippen LogP contribution in [0, 0.1) is 36.0 Å². The molecule has 6 rings (SSSR count). The van der Waals surface area contributed by atoms with Crippen molar-refractivity contribution >= 4 is 17.1 Å². The second kappa shape index (κ2) is 12.2. The highest BCUT2D eigenvalue weighted by molar-refractivity contribution is 7.09. The second-order valence-electron chi connectivity index (χ2n) is 14.3. The Morgan fingerprint density at radius 2 is 1.93 bits per heavy atom. The molecule has 2 N–H and O–H groups in total. The van der Waals surface area contributed by atoms with Crippen molar-refractivity contribution in [3.63, 3.8) is 0 Å².